The van der Waals surface area contributed by atoms with Gasteiger partial charge in [-0.25, -0.2) is 9.97 Å². The quantitative estimate of drug-likeness (QED) is 0.279. The highest BCUT2D eigenvalue weighted by Gasteiger charge is 2.17. The Hall–Kier alpha value is -4.71. The molecule has 3 aromatic carbocycles. The topological polar surface area (TPSA) is 92.1 Å². The lowest BCUT2D eigenvalue weighted by Crippen LogP contribution is -2.14. The van der Waals surface area contributed by atoms with Crippen molar-refractivity contribution in [1.29, 1.82) is 5.41 Å². The van der Waals surface area contributed by atoms with E-state index < -0.39 is 0 Å². The van der Waals surface area contributed by atoms with E-state index in [4.69, 9.17) is 11.1 Å². The molecule has 6 rings (SSSR count). The second-order valence-electron chi connectivity index (χ2n) is 8.68. The van der Waals surface area contributed by atoms with E-state index in [0.29, 0.717) is 17.9 Å². The molecule has 6 heteroatoms. The molecule has 0 fully saturated rings. The van der Waals surface area contributed by atoms with Crippen LogP contribution in [-0.2, 0) is 6.54 Å². The molecule has 0 atom stereocenters. The van der Waals surface area contributed by atoms with Crippen LogP contribution >= 0.6 is 0 Å². The van der Waals surface area contributed by atoms with Gasteiger partial charge in [0.1, 0.15) is 18.0 Å². The van der Waals surface area contributed by atoms with Gasteiger partial charge in [0.15, 0.2) is 0 Å². The number of nitrogens with one attached hydrogen (secondary N) is 2. The zero-order valence-electron chi connectivity index (χ0n) is 19.3. The van der Waals surface area contributed by atoms with E-state index in [0.717, 1.165) is 16.8 Å². The van der Waals surface area contributed by atoms with Crippen molar-refractivity contribution in [3.05, 3.63) is 114 Å². The van der Waals surface area contributed by atoms with Crippen LogP contribution in [0.3, 0.4) is 0 Å². The zero-order valence-corrected chi connectivity index (χ0v) is 19.3. The minimum absolute atomic E-state index is 0.280. The molecule has 6 nitrogen and oxygen atoms in total. The fourth-order valence-electron chi connectivity index (χ4n) is 4.89. The number of nitrogens with zero attached hydrogens (tertiary/aromatic N) is 3. The largest absolute Gasteiger partial charge is 0.383 e. The minimum Gasteiger partial charge on any atom is -0.383 e. The fraction of sp³-hybridized carbons (Fsp3) is 0.0690. The lowest BCUT2D eigenvalue weighted by Gasteiger charge is -2.16. The van der Waals surface area contributed by atoms with Crippen molar-refractivity contribution >= 4 is 44.5 Å². The van der Waals surface area contributed by atoms with Gasteiger partial charge >= 0.3 is 0 Å². The van der Waals surface area contributed by atoms with Crippen molar-refractivity contribution < 1.29 is 0 Å². The Balaban J connectivity index is 1.48. The number of nitrogens with two attached hydrogens (primary N) is 1. The molecule has 170 valence electrons. The number of aryl methyl sites for hydroxylation is 1. The van der Waals surface area contributed by atoms with Crippen LogP contribution in [-0.4, -0.2) is 20.1 Å². The van der Waals surface area contributed by atoms with Gasteiger partial charge in [0.05, 0.1) is 28.9 Å². The summed E-state index contributed by atoms with van der Waals surface area (Å²) in [5, 5.41) is 15.9. The average Bonchev–Trinajstić information content (AvgIpc) is 3.27. The second-order valence-corrected chi connectivity index (χ2v) is 8.68. The summed E-state index contributed by atoms with van der Waals surface area (Å²) in [5.74, 6) is 0.822. The molecular formula is C29H24N6. The van der Waals surface area contributed by atoms with Gasteiger partial charge in [-0.1, -0.05) is 66.7 Å². The molecular weight excluding hydrogens is 432 g/mol. The predicted molar refractivity (Wildman–Crippen MR) is 143 cm³/mol. The van der Waals surface area contributed by atoms with E-state index in [1.807, 2.05) is 30.3 Å². The van der Waals surface area contributed by atoms with Crippen LogP contribution in [0, 0.1) is 12.3 Å². The standard InChI is InChI=1S/C29H24N6/c1-18-8-7-12-21-14-22(35-23-13-6-5-11-20(23)15-24(35)25(18)21)16-32-29-26(28(31)33-17-34-29)27(30)19-9-3-2-4-10-19/h2-15,17,30H,16H2,1H3,(H3,31,32,33,34). The van der Waals surface area contributed by atoms with Crippen LogP contribution in [0.4, 0.5) is 11.6 Å². The Kier molecular flexibility index (Phi) is 4.92. The Labute approximate surface area is 202 Å². The first-order valence-electron chi connectivity index (χ1n) is 11.5. The van der Waals surface area contributed by atoms with Crippen molar-refractivity contribution in [2.75, 3.05) is 11.1 Å². The summed E-state index contributed by atoms with van der Waals surface area (Å²) >= 11 is 0. The summed E-state index contributed by atoms with van der Waals surface area (Å²) in [6.07, 6.45) is 1.43. The van der Waals surface area contributed by atoms with Gasteiger partial charge in [0, 0.05) is 22.0 Å². The highest BCUT2D eigenvalue weighted by atomic mass is 15.1. The van der Waals surface area contributed by atoms with E-state index in [2.05, 4.69) is 81.2 Å². The molecule has 35 heavy (non-hydrogen) atoms. The summed E-state index contributed by atoms with van der Waals surface area (Å²) in [5.41, 5.74) is 12.5. The van der Waals surface area contributed by atoms with E-state index in [1.165, 1.54) is 33.6 Å². The molecule has 6 aromatic rings. The zero-order chi connectivity index (χ0) is 23.9. The highest BCUT2D eigenvalue weighted by Crippen LogP contribution is 2.32. The molecule has 0 aliphatic carbocycles. The first-order valence-corrected chi connectivity index (χ1v) is 11.5. The van der Waals surface area contributed by atoms with Gasteiger partial charge in [-0.15, -0.1) is 0 Å². The van der Waals surface area contributed by atoms with E-state index >= 15 is 0 Å². The van der Waals surface area contributed by atoms with Crippen LogP contribution in [0.25, 0.3) is 27.2 Å². The lowest BCUT2D eigenvalue weighted by molar-refractivity contribution is 1.00. The average molecular weight is 457 g/mol. The first kappa shape index (κ1) is 20.9. The Morgan fingerprint density at radius 2 is 1.66 bits per heavy atom. The number of anilines is 2. The number of pyridine rings is 1. The number of para-hydroxylation sites is 1. The SMILES string of the molecule is Cc1cccc2cc(CNc3ncnc(N)c3C(=N)c3ccccc3)n3c4ccccc4cc3c12. The first-order chi connectivity index (χ1) is 17.1. The van der Waals surface area contributed by atoms with Gasteiger partial charge in [0.2, 0.25) is 0 Å². The molecule has 0 aliphatic heterocycles. The number of aromatic nitrogens is 3. The fourth-order valence-corrected chi connectivity index (χ4v) is 4.89. The maximum absolute atomic E-state index is 8.78. The molecule has 0 radical (unpaired) electrons. The molecule has 0 aliphatic rings. The molecule has 0 saturated carbocycles. The molecule has 0 unspecified atom stereocenters. The number of fused-ring (bicyclic) bond motifs is 5. The van der Waals surface area contributed by atoms with Crippen molar-refractivity contribution in [3.63, 3.8) is 0 Å². The van der Waals surface area contributed by atoms with Gasteiger partial charge in [-0.05, 0) is 36.1 Å². The molecule has 4 N–H and O–H groups in total. The van der Waals surface area contributed by atoms with Crippen LogP contribution in [0.2, 0.25) is 0 Å². The van der Waals surface area contributed by atoms with Crippen molar-refractivity contribution in [1.82, 2.24) is 14.4 Å². The monoisotopic (exact) mass is 456 g/mol. The Morgan fingerprint density at radius 3 is 2.51 bits per heavy atom. The van der Waals surface area contributed by atoms with E-state index in [1.54, 1.807) is 0 Å². The van der Waals surface area contributed by atoms with Gasteiger partial charge < -0.3 is 15.5 Å². The van der Waals surface area contributed by atoms with Crippen molar-refractivity contribution in [3.8, 4) is 0 Å². The molecule has 0 spiro atoms. The molecule has 3 heterocycles. The maximum Gasteiger partial charge on any atom is 0.141 e. The van der Waals surface area contributed by atoms with Crippen molar-refractivity contribution in [2.45, 2.75) is 13.5 Å². The molecule has 0 saturated heterocycles. The maximum atomic E-state index is 8.78. The molecule has 0 amide bonds. The summed E-state index contributed by atoms with van der Waals surface area (Å²) < 4.78 is 2.31. The van der Waals surface area contributed by atoms with Crippen LogP contribution in [0.15, 0.2) is 91.3 Å². The number of hydrogen-bond acceptors (Lipinski definition) is 5. The van der Waals surface area contributed by atoms with Gasteiger partial charge in [0.25, 0.3) is 0 Å². The third-order valence-corrected chi connectivity index (χ3v) is 6.51. The third kappa shape index (κ3) is 3.47. The van der Waals surface area contributed by atoms with Crippen LogP contribution < -0.4 is 11.1 Å². The third-order valence-electron chi connectivity index (χ3n) is 6.51. The molecule has 3 aromatic heterocycles. The van der Waals surface area contributed by atoms with E-state index in [9.17, 15) is 0 Å². The highest BCUT2D eigenvalue weighted by molar-refractivity contribution is 6.16. The smallest absolute Gasteiger partial charge is 0.141 e. The summed E-state index contributed by atoms with van der Waals surface area (Å²) in [4.78, 5) is 8.61. The number of benzene rings is 3. The van der Waals surface area contributed by atoms with Crippen LogP contribution in [0.1, 0.15) is 22.4 Å². The van der Waals surface area contributed by atoms with Crippen molar-refractivity contribution in [2.24, 2.45) is 0 Å². The van der Waals surface area contributed by atoms with E-state index in [-0.39, 0.29) is 11.5 Å². The Bertz CT molecular complexity index is 1730. The van der Waals surface area contributed by atoms with Crippen LogP contribution in [0.5, 0.6) is 0 Å². The normalized spacial score (nSPS) is 11.3. The number of nitrogen functional groups attached to an aromatic ring is 1. The lowest BCUT2D eigenvalue weighted by atomic mass is 10.0. The molecule has 0 bridgehead atoms. The summed E-state index contributed by atoms with van der Waals surface area (Å²) in [7, 11) is 0. The van der Waals surface area contributed by atoms with Gasteiger partial charge in [-0.2, -0.15) is 0 Å². The number of hydrogen-bond donors (Lipinski definition) is 3. The Morgan fingerprint density at radius 1 is 0.886 bits per heavy atom. The number of rotatable bonds is 5. The second kappa shape index (κ2) is 8.25. The summed E-state index contributed by atoms with van der Waals surface area (Å²) in [6.45, 7) is 2.66. The predicted octanol–water partition coefficient (Wildman–Crippen LogP) is 5.95. The summed E-state index contributed by atoms with van der Waals surface area (Å²) in [6, 6.07) is 28.8. The minimum atomic E-state index is 0.280. The van der Waals surface area contributed by atoms with Gasteiger partial charge in [-0.3, -0.25) is 5.41 Å².